The van der Waals surface area contributed by atoms with Crippen molar-refractivity contribution >= 4 is 5.97 Å². The van der Waals surface area contributed by atoms with E-state index in [2.05, 4.69) is 0 Å². The summed E-state index contributed by atoms with van der Waals surface area (Å²) < 4.78 is 23.0. The average molecular weight is 398 g/mol. The molecule has 1 unspecified atom stereocenters. The summed E-state index contributed by atoms with van der Waals surface area (Å²) in [5.74, 6) is -1.85. The zero-order chi connectivity index (χ0) is 20.7. The van der Waals surface area contributed by atoms with Crippen LogP contribution in [0, 0.1) is 0 Å². The molecule has 29 heavy (non-hydrogen) atoms. The fourth-order valence-corrected chi connectivity index (χ4v) is 3.02. The highest BCUT2D eigenvalue weighted by Gasteiger charge is 2.34. The van der Waals surface area contributed by atoms with Crippen molar-refractivity contribution in [2.24, 2.45) is 0 Å². The molecular weight excluding hydrogens is 372 g/mol. The molecule has 0 bridgehead atoms. The van der Waals surface area contributed by atoms with Crippen LogP contribution in [-0.2, 0) is 37.0 Å². The SMILES string of the molecule is CC1(C)OCC(C/C(OCc2ccccc2)=C(/OCc2ccccc2)C(=O)O)O1. The van der Waals surface area contributed by atoms with Gasteiger partial charge in [-0.1, -0.05) is 60.7 Å². The van der Waals surface area contributed by atoms with Crippen molar-refractivity contribution in [2.75, 3.05) is 6.61 Å². The maximum Gasteiger partial charge on any atom is 0.374 e. The fourth-order valence-electron chi connectivity index (χ4n) is 3.02. The van der Waals surface area contributed by atoms with Crippen LogP contribution in [0.15, 0.2) is 72.2 Å². The van der Waals surface area contributed by atoms with E-state index in [1.807, 2.05) is 74.5 Å². The molecule has 1 saturated heterocycles. The number of rotatable bonds is 9. The summed E-state index contributed by atoms with van der Waals surface area (Å²) >= 11 is 0. The molecule has 1 N–H and O–H groups in total. The van der Waals surface area contributed by atoms with Crippen molar-refractivity contribution in [1.29, 1.82) is 0 Å². The van der Waals surface area contributed by atoms with Crippen molar-refractivity contribution in [3.05, 3.63) is 83.3 Å². The predicted octanol–water partition coefficient (Wildman–Crippen LogP) is 4.26. The highest BCUT2D eigenvalue weighted by Crippen LogP contribution is 2.28. The summed E-state index contributed by atoms with van der Waals surface area (Å²) in [7, 11) is 0. The Labute approximate surface area is 170 Å². The van der Waals surface area contributed by atoms with Gasteiger partial charge in [0.05, 0.1) is 12.7 Å². The van der Waals surface area contributed by atoms with E-state index in [4.69, 9.17) is 18.9 Å². The van der Waals surface area contributed by atoms with Gasteiger partial charge in [-0.05, 0) is 25.0 Å². The Morgan fingerprint density at radius 1 is 1.00 bits per heavy atom. The minimum atomic E-state index is -1.18. The van der Waals surface area contributed by atoms with E-state index in [1.165, 1.54) is 0 Å². The van der Waals surface area contributed by atoms with Gasteiger partial charge in [-0.25, -0.2) is 4.79 Å². The van der Waals surface area contributed by atoms with Gasteiger partial charge in [0.25, 0.3) is 0 Å². The molecule has 0 aliphatic carbocycles. The fraction of sp³-hybridized carbons (Fsp3) is 0.348. The number of ether oxygens (including phenoxy) is 4. The van der Waals surface area contributed by atoms with E-state index >= 15 is 0 Å². The lowest BCUT2D eigenvalue weighted by Gasteiger charge is -2.19. The highest BCUT2D eigenvalue weighted by molar-refractivity contribution is 5.84. The first-order chi connectivity index (χ1) is 13.9. The lowest BCUT2D eigenvalue weighted by Crippen LogP contribution is -2.22. The first kappa shape index (κ1) is 20.9. The molecular formula is C23H26O6. The summed E-state index contributed by atoms with van der Waals surface area (Å²) in [6, 6.07) is 19.0. The summed E-state index contributed by atoms with van der Waals surface area (Å²) in [6.45, 7) is 4.38. The topological polar surface area (TPSA) is 74.2 Å². The van der Waals surface area contributed by atoms with Crippen LogP contribution in [-0.4, -0.2) is 29.6 Å². The highest BCUT2D eigenvalue weighted by atomic mass is 16.7. The molecule has 1 atom stereocenters. The van der Waals surface area contributed by atoms with Gasteiger partial charge in [0.2, 0.25) is 5.76 Å². The van der Waals surface area contributed by atoms with E-state index in [0.29, 0.717) is 6.61 Å². The van der Waals surface area contributed by atoms with Gasteiger partial charge >= 0.3 is 5.97 Å². The molecule has 0 radical (unpaired) electrons. The monoisotopic (exact) mass is 398 g/mol. The van der Waals surface area contributed by atoms with Crippen molar-refractivity contribution in [3.8, 4) is 0 Å². The third kappa shape index (κ3) is 6.34. The zero-order valence-electron chi connectivity index (χ0n) is 16.7. The molecule has 6 nitrogen and oxygen atoms in total. The van der Waals surface area contributed by atoms with Crippen molar-refractivity contribution in [2.45, 2.75) is 45.4 Å². The van der Waals surface area contributed by atoms with Crippen molar-refractivity contribution in [1.82, 2.24) is 0 Å². The predicted molar refractivity (Wildman–Crippen MR) is 107 cm³/mol. The van der Waals surface area contributed by atoms with Crippen LogP contribution in [0.2, 0.25) is 0 Å². The number of benzene rings is 2. The molecule has 2 aromatic carbocycles. The van der Waals surface area contributed by atoms with Gasteiger partial charge in [-0.15, -0.1) is 0 Å². The lowest BCUT2D eigenvalue weighted by molar-refractivity contribution is -0.140. The summed E-state index contributed by atoms with van der Waals surface area (Å²) in [5, 5.41) is 9.76. The second-order valence-corrected chi connectivity index (χ2v) is 7.26. The normalized spacial score (nSPS) is 18.8. The lowest BCUT2D eigenvalue weighted by atomic mass is 10.2. The molecule has 6 heteroatoms. The van der Waals surface area contributed by atoms with Crippen LogP contribution in [0.3, 0.4) is 0 Å². The zero-order valence-corrected chi connectivity index (χ0v) is 16.7. The quantitative estimate of drug-likeness (QED) is 0.503. The summed E-state index contributed by atoms with van der Waals surface area (Å²) in [4.78, 5) is 11.9. The minimum absolute atomic E-state index is 0.133. The molecule has 1 aliphatic rings. The third-order valence-corrected chi connectivity index (χ3v) is 4.41. The number of carboxylic acids is 1. The molecule has 0 aromatic heterocycles. The Kier molecular flexibility index (Phi) is 6.90. The van der Waals surface area contributed by atoms with E-state index in [9.17, 15) is 9.90 Å². The van der Waals surface area contributed by atoms with Crippen LogP contribution in [0.1, 0.15) is 31.4 Å². The Morgan fingerprint density at radius 3 is 2.03 bits per heavy atom. The number of carbonyl (C=O) groups is 1. The Balaban J connectivity index is 1.79. The van der Waals surface area contributed by atoms with Crippen molar-refractivity contribution in [3.63, 3.8) is 0 Å². The van der Waals surface area contributed by atoms with Crippen molar-refractivity contribution < 1.29 is 28.8 Å². The number of hydrogen-bond donors (Lipinski definition) is 1. The molecule has 0 spiro atoms. The van der Waals surface area contributed by atoms with E-state index in [1.54, 1.807) is 0 Å². The number of carboxylic acid groups (broad SMARTS) is 1. The van der Waals surface area contributed by atoms with Gasteiger partial charge in [0.1, 0.15) is 19.0 Å². The van der Waals surface area contributed by atoms with E-state index < -0.39 is 11.8 Å². The van der Waals surface area contributed by atoms with E-state index in [-0.39, 0.29) is 37.3 Å². The van der Waals surface area contributed by atoms with Gasteiger partial charge in [-0.3, -0.25) is 0 Å². The second kappa shape index (κ2) is 9.58. The molecule has 0 amide bonds. The van der Waals surface area contributed by atoms with Crippen LogP contribution >= 0.6 is 0 Å². The van der Waals surface area contributed by atoms with Gasteiger partial charge in [0.15, 0.2) is 5.79 Å². The molecule has 154 valence electrons. The summed E-state index contributed by atoms with van der Waals surface area (Å²) in [5.41, 5.74) is 1.80. The molecule has 1 aliphatic heterocycles. The van der Waals surface area contributed by atoms with Crippen LogP contribution in [0.25, 0.3) is 0 Å². The van der Waals surface area contributed by atoms with E-state index in [0.717, 1.165) is 11.1 Å². The van der Waals surface area contributed by atoms with Gasteiger partial charge in [0, 0.05) is 6.42 Å². The third-order valence-electron chi connectivity index (χ3n) is 4.41. The molecule has 3 rings (SSSR count). The maximum absolute atomic E-state index is 11.9. The molecule has 1 fully saturated rings. The van der Waals surface area contributed by atoms with Crippen LogP contribution in [0.5, 0.6) is 0 Å². The largest absolute Gasteiger partial charge is 0.489 e. The Morgan fingerprint density at radius 2 is 1.55 bits per heavy atom. The minimum Gasteiger partial charge on any atom is -0.489 e. The Hall–Kier alpha value is -2.83. The average Bonchev–Trinajstić information content (AvgIpc) is 3.05. The molecule has 1 heterocycles. The van der Waals surface area contributed by atoms with Gasteiger partial charge in [-0.2, -0.15) is 0 Å². The van der Waals surface area contributed by atoms with Crippen LogP contribution < -0.4 is 0 Å². The summed E-state index contributed by atoms with van der Waals surface area (Å²) in [6.07, 6.45) is -0.0717. The maximum atomic E-state index is 11.9. The first-order valence-electron chi connectivity index (χ1n) is 9.54. The van der Waals surface area contributed by atoms with Crippen LogP contribution in [0.4, 0.5) is 0 Å². The molecule has 0 saturated carbocycles. The first-order valence-corrected chi connectivity index (χ1v) is 9.54. The Bertz CT molecular complexity index is 829. The standard InChI is InChI=1S/C23H26O6/c1-23(2)28-16-19(29-23)13-20(26-14-17-9-5-3-6-10-17)21(22(24)25)27-15-18-11-7-4-8-12-18/h3-12,19H,13-16H2,1-2H3,(H,24,25)/b21-20-. The second-order valence-electron chi connectivity index (χ2n) is 7.26. The molecule has 2 aromatic rings. The number of aliphatic carboxylic acids is 1. The van der Waals surface area contributed by atoms with Gasteiger partial charge < -0.3 is 24.1 Å². The number of hydrogen-bond acceptors (Lipinski definition) is 5. The smallest absolute Gasteiger partial charge is 0.374 e.